The standard InChI is InChI=1S/C12H26N4/c1-4-11-9-15(3)6-5-7-16(11)8-10(2)12(13)14/h10-11H,4-9H2,1-3H3,(H3,13,14). The van der Waals surface area contributed by atoms with Gasteiger partial charge in [-0.05, 0) is 33.0 Å². The Bertz CT molecular complexity index is 229. The second-order valence-electron chi connectivity index (χ2n) is 5.03. The summed E-state index contributed by atoms with van der Waals surface area (Å²) in [5.41, 5.74) is 5.55. The molecule has 1 heterocycles. The van der Waals surface area contributed by atoms with Gasteiger partial charge in [-0.25, -0.2) is 0 Å². The molecule has 0 aromatic heterocycles. The molecule has 1 saturated heterocycles. The highest BCUT2D eigenvalue weighted by molar-refractivity contribution is 5.79. The quantitative estimate of drug-likeness (QED) is 0.555. The molecule has 2 unspecified atom stereocenters. The van der Waals surface area contributed by atoms with E-state index in [0.717, 1.165) is 19.6 Å². The number of likely N-dealkylation sites (N-methyl/N-ethyl adjacent to an activating group) is 1. The van der Waals surface area contributed by atoms with Crippen LogP contribution in [-0.2, 0) is 0 Å². The van der Waals surface area contributed by atoms with E-state index >= 15 is 0 Å². The summed E-state index contributed by atoms with van der Waals surface area (Å²) < 4.78 is 0. The van der Waals surface area contributed by atoms with Crippen LogP contribution in [0.25, 0.3) is 0 Å². The van der Waals surface area contributed by atoms with E-state index in [4.69, 9.17) is 11.1 Å². The molecule has 0 radical (unpaired) electrons. The predicted molar refractivity (Wildman–Crippen MR) is 68.8 cm³/mol. The first kappa shape index (κ1) is 13.5. The minimum absolute atomic E-state index is 0.178. The Morgan fingerprint density at radius 3 is 2.75 bits per heavy atom. The van der Waals surface area contributed by atoms with Gasteiger partial charge in [0.25, 0.3) is 0 Å². The molecule has 0 aromatic rings. The fourth-order valence-corrected chi connectivity index (χ4v) is 2.37. The zero-order chi connectivity index (χ0) is 12.1. The Labute approximate surface area is 99.3 Å². The van der Waals surface area contributed by atoms with Crippen molar-refractivity contribution in [3.05, 3.63) is 0 Å². The van der Waals surface area contributed by atoms with Crippen LogP contribution in [0.3, 0.4) is 0 Å². The maximum Gasteiger partial charge on any atom is 0.0947 e. The van der Waals surface area contributed by atoms with Gasteiger partial charge in [-0.3, -0.25) is 10.3 Å². The lowest BCUT2D eigenvalue weighted by atomic mass is 10.1. The van der Waals surface area contributed by atoms with Gasteiger partial charge in [-0.15, -0.1) is 0 Å². The van der Waals surface area contributed by atoms with Gasteiger partial charge in [0.2, 0.25) is 0 Å². The number of hydrogen-bond donors (Lipinski definition) is 2. The maximum atomic E-state index is 7.48. The third kappa shape index (κ3) is 3.76. The number of nitrogens with zero attached hydrogens (tertiary/aromatic N) is 2. The van der Waals surface area contributed by atoms with Gasteiger partial charge in [0, 0.05) is 25.0 Å². The molecule has 3 N–H and O–H groups in total. The smallest absolute Gasteiger partial charge is 0.0947 e. The molecule has 0 saturated carbocycles. The largest absolute Gasteiger partial charge is 0.387 e. The van der Waals surface area contributed by atoms with Gasteiger partial charge in [0.05, 0.1) is 5.84 Å². The molecule has 1 aliphatic rings. The molecule has 0 bridgehead atoms. The van der Waals surface area contributed by atoms with Gasteiger partial charge in [-0.1, -0.05) is 13.8 Å². The third-order valence-electron chi connectivity index (χ3n) is 3.53. The highest BCUT2D eigenvalue weighted by atomic mass is 15.2. The van der Waals surface area contributed by atoms with E-state index in [9.17, 15) is 0 Å². The Morgan fingerprint density at radius 2 is 2.19 bits per heavy atom. The molecule has 0 amide bonds. The van der Waals surface area contributed by atoms with E-state index in [1.807, 2.05) is 6.92 Å². The second-order valence-corrected chi connectivity index (χ2v) is 5.03. The van der Waals surface area contributed by atoms with E-state index in [2.05, 4.69) is 23.8 Å². The van der Waals surface area contributed by atoms with Crippen LogP contribution in [0.15, 0.2) is 0 Å². The van der Waals surface area contributed by atoms with Gasteiger partial charge in [0.1, 0.15) is 0 Å². The van der Waals surface area contributed by atoms with Crippen LogP contribution >= 0.6 is 0 Å². The fourth-order valence-electron chi connectivity index (χ4n) is 2.37. The van der Waals surface area contributed by atoms with Crippen molar-refractivity contribution in [1.82, 2.24) is 9.80 Å². The van der Waals surface area contributed by atoms with Crippen LogP contribution in [0.5, 0.6) is 0 Å². The molecule has 2 atom stereocenters. The molecule has 0 aliphatic carbocycles. The summed E-state index contributed by atoms with van der Waals surface area (Å²) in [7, 11) is 2.20. The summed E-state index contributed by atoms with van der Waals surface area (Å²) >= 11 is 0. The summed E-state index contributed by atoms with van der Waals surface area (Å²) in [6, 6.07) is 0.620. The normalized spacial score (nSPS) is 26.3. The zero-order valence-corrected chi connectivity index (χ0v) is 10.9. The third-order valence-corrected chi connectivity index (χ3v) is 3.53. The van der Waals surface area contributed by atoms with E-state index in [-0.39, 0.29) is 5.92 Å². The number of hydrogen-bond acceptors (Lipinski definition) is 3. The fraction of sp³-hybridized carbons (Fsp3) is 0.917. The van der Waals surface area contributed by atoms with Crippen molar-refractivity contribution in [2.24, 2.45) is 11.7 Å². The summed E-state index contributed by atoms with van der Waals surface area (Å²) in [5, 5.41) is 7.48. The van der Waals surface area contributed by atoms with Gasteiger partial charge < -0.3 is 10.6 Å². The van der Waals surface area contributed by atoms with Crippen LogP contribution in [0.4, 0.5) is 0 Å². The predicted octanol–water partition coefficient (Wildman–Crippen LogP) is 0.975. The monoisotopic (exact) mass is 226 g/mol. The first-order chi connectivity index (χ1) is 7.54. The van der Waals surface area contributed by atoms with Crippen LogP contribution in [0, 0.1) is 11.3 Å². The van der Waals surface area contributed by atoms with E-state index < -0.39 is 0 Å². The topological polar surface area (TPSA) is 56.4 Å². The summed E-state index contributed by atoms with van der Waals surface area (Å²) in [5.74, 6) is 0.491. The first-order valence-corrected chi connectivity index (χ1v) is 6.31. The van der Waals surface area contributed by atoms with Gasteiger partial charge >= 0.3 is 0 Å². The molecule has 94 valence electrons. The summed E-state index contributed by atoms with van der Waals surface area (Å²) in [6.45, 7) is 8.68. The lowest BCUT2D eigenvalue weighted by Crippen LogP contribution is -2.43. The molecule has 1 fully saturated rings. The average Bonchev–Trinajstić information content (AvgIpc) is 2.40. The second kappa shape index (κ2) is 6.21. The van der Waals surface area contributed by atoms with E-state index in [0.29, 0.717) is 11.9 Å². The Morgan fingerprint density at radius 1 is 1.50 bits per heavy atom. The van der Waals surface area contributed by atoms with Crippen molar-refractivity contribution < 1.29 is 0 Å². The highest BCUT2D eigenvalue weighted by Crippen LogP contribution is 2.13. The van der Waals surface area contributed by atoms with Crippen molar-refractivity contribution in [1.29, 1.82) is 5.41 Å². The van der Waals surface area contributed by atoms with Crippen molar-refractivity contribution in [2.75, 3.05) is 33.2 Å². The minimum atomic E-state index is 0.178. The molecule has 16 heavy (non-hydrogen) atoms. The number of nitrogens with one attached hydrogen (secondary N) is 1. The maximum absolute atomic E-state index is 7.48. The Kier molecular flexibility index (Phi) is 5.22. The minimum Gasteiger partial charge on any atom is -0.387 e. The molecule has 0 aromatic carbocycles. The lowest BCUT2D eigenvalue weighted by Gasteiger charge is -2.31. The van der Waals surface area contributed by atoms with E-state index in [1.54, 1.807) is 0 Å². The highest BCUT2D eigenvalue weighted by Gasteiger charge is 2.23. The van der Waals surface area contributed by atoms with Crippen molar-refractivity contribution in [2.45, 2.75) is 32.7 Å². The lowest BCUT2D eigenvalue weighted by molar-refractivity contribution is 0.174. The van der Waals surface area contributed by atoms with Crippen LogP contribution in [-0.4, -0.2) is 54.9 Å². The van der Waals surface area contributed by atoms with Crippen LogP contribution in [0.2, 0.25) is 0 Å². The molecule has 0 spiro atoms. The van der Waals surface area contributed by atoms with Crippen molar-refractivity contribution >= 4 is 5.84 Å². The molecule has 1 aliphatic heterocycles. The van der Waals surface area contributed by atoms with E-state index in [1.165, 1.54) is 19.4 Å². The zero-order valence-electron chi connectivity index (χ0n) is 10.9. The van der Waals surface area contributed by atoms with Crippen molar-refractivity contribution in [3.8, 4) is 0 Å². The average molecular weight is 226 g/mol. The van der Waals surface area contributed by atoms with Crippen LogP contribution in [0.1, 0.15) is 26.7 Å². The molecule has 1 rings (SSSR count). The summed E-state index contributed by atoms with van der Waals surface area (Å²) in [4.78, 5) is 4.92. The van der Waals surface area contributed by atoms with Crippen molar-refractivity contribution in [3.63, 3.8) is 0 Å². The number of amidine groups is 1. The number of nitrogens with two attached hydrogens (primary N) is 1. The van der Waals surface area contributed by atoms with Crippen LogP contribution < -0.4 is 5.73 Å². The molecule has 4 nitrogen and oxygen atoms in total. The van der Waals surface area contributed by atoms with Gasteiger partial charge in [0.15, 0.2) is 0 Å². The molecular formula is C12H26N4. The summed E-state index contributed by atoms with van der Waals surface area (Å²) in [6.07, 6.45) is 2.40. The van der Waals surface area contributed by atoms with Gasteiger partial charge in [-0.2, -0.15) is 0 Å². The molecule has 4 heteroatoms. The Balaban J connectivity index is 2.57. The Hall–Kier alpha value is -0.610. The number of rotatable bonds is 4. The SMILES string of the molecule is CCC1CN(C)CCCN1CC(C)C(=N)N. The molecular weight excluding hydrogens is 200 g/mol. The first-order valence-electron chi connectivity index (χ1n) is 6.31.